The van der Waals surface area contributed by atoms with Gasteiger partial charge in [-0.15, -0.1) is 11.3 Å². The molecule has 1 aromatic heterocycles. The molecule has 1 amide bonds. The summed E-state index contributed by atoms with van der Waals surface area (Å²) in [5.74, 6) is -1.58. The second-order valence-electron chi connectivity index (χ2n) is 6.55. The summed E-state index contributed by atoms with van der Waals surface area (Å²) in [6, 6.07) is 8.25. The normalized spacial score (nSPS) is 17.3. The van der Waals surface area contributed by atoms with Crippen molar-refractivity contribution in [3.63, 3.8) is 0 Å². The minimum absolute atomic E-state index is 0.234. The van der Waals surface area contributed by atoms with Gasteiger partial charge in [-0.2, -0.15) is 5.26 Å². The first kappa shape index (κ1) is 18.3. The van der Waals surface area contributed by atoms with E-state index in [4.69, 9.17) is 4.74 Å². The van der Waals surface area contributed by atoms with Crippen LogP contribution in [0.5, 0.6) is 0 Å². The van der Waals surface area contributed by atoms with E-state index in [9.17, 15) is 19.2 Å². The second-order valence-corrected chi connectivity index (χ2v) is 7.64. The molecule has 1 aliphatic rings. The number of nitrogens with one attached hydrogen (secondary N) is 1. The predicted molar refractivity (Wildman–Crippen MR) is 96.2 cm³/mol. The van der Waals surface area contributed by atoms with Crippen LogP contribution in [0.2, 0.25) is 0 Å². The molecule has 1 N–H and O–H groups in total. The Bertz CT molecular complexity index is 881. The molecular weight excluding hydrogens is 355 g/mol. The number of ether oxygens (including phenoxy) is 1. The number of fused-ring (bicyclic) bond motifs is 1. The molecule has 0 aliphatic heterocycles. The van der Waals surface area contributed by atoms with Crippen LogP contribution in [0.1, 0.15) is 48.7 Å². The summed E-state index contributed by atoms with van der Waals surface area (Å²) < 4.78 is 19.6. The third-order valence-corrected chi connectivity index (χ3v) is 5.73. The molecule has 1 heterocycles. The fourth-order valence-electron chi connectivity index (χ4n) is 3.16. The minimum Gasteiger partial charge on any atom is -0.448 e. The van der Waals surface area contributed by atoms with E-state index in [1.165, 1.54) is 19.1 Å². The lowest BCUT2D eigenvalue weighted by Gasteiger charge is -2.32. The van der Waals surface area contributed by atoms with Gasteiger partial charge in [-0.05, 0) is 38.0 Å². The van der Waals surface area contributed by atoms with Gasteiger partial charge in [-0.25, -0.2) is 9.18 Å². The van der Waals surface area contributed by atoms with Crippen LogP contribution in [0.25, 0.3) is 10.1 Å². The number of hydrogen-bond acceptors (Lipinski definition) is 5. The Balaban J connectivity index is 1.67. The molecule has 1 atom stereocenters. The Morgan fingerprint density at radius 1 is 1.35 bits per heavy atom. The maximum atomic E-state index is 13.8. The van der Waals surface area contributed by atoms with Crippen molar-refractivity contribution >= 4 is 33.3 Å². The zero-order valence-electron chi connectivity index (χ0n) is 14.4. The first-order chi connectivity index (χ1) is 12.4. The van der Waals surface area contributed by atoms with E-state index in [-0.39, 0.29) is 4.88 Å². The topological polar surface area (TPSA) is 79.2 Å². The van der Waals surface area contributed by atoms with Crippen LogP contribution < -0.4 is 5.32 Å². The zero-order valence-corrected chi connectivity index (χ0v) is 15.2. The number of esters is 1. The number of benzene rings is 1. The number of thiophene rings is 1. The Labute approximate surface area is 154 Å². The summed E-state index contributed by atoms with van der Waals surface area (Å²) in [5.41, 5.74) is -0.878. The van der Waals surface area contributed by atoms with Gasteiger partial charge in [0.1, 0.15) is 16.2 Å². The molecule has 0 radical (unpaired) electrons. The molecule has 7 heteroatoms. The molecular formula is C19H19FN2O3S. The summed E-state index contributed by atoms with van der Waals surface area (Å²) in [7, 11) is 0. The highest BCUT2D eigenvalue weighted by molar-refractivity contribution is 7.20. The van der Waals surface area contributed by atoms with E-state index >= 15 is 0 Å². The Morgan fingerprint density at radius 2 is 2.08 bits per heavy atom. The van der Waals surface area contributed by atoms with Gasteiger partial charge < -0.3 is 10.1 Å². The smallest absolute Gasteiger partial charge is 0.349 e. The van der Waals surface area contributed by atoms with Crippen LogP contribution in [0.3, 0.4) is 0 Å². The molecule has 0 bridgehead atoms. The predicted octanol–water partition coefficient (Wildman–Crippen LogP) is 3.93. The number of carbonyl (C=O) groups excluding carboxylic acids is 2. The lowest BCUT2D eigenvalue weighted by atomic mass is 9.83. The van der Waals surface area contributed by atoms with Crippen molar-refractivity contribution < 1.29 is 18.7 Å². The van der Waals surface area contributed by atoms with Gasteiger partial charge in [0.2, 0.25) is 0 Å². The molecule has 26 heavy (non-hydrogen) atoms. The lowest BCUT2D eigenvalue weighted by Crippen LogP contribution is -2.52. The first-order valence-electron chi connectivity index (χ1n) is 8.56. The zero-order chi connectivity index (χ0) is 18.7. The highest BCUT2D eigenvalue weighted by Crippen LogP contribution is 2.29. The number of hydrogen-bond donors (Lipinski definition) is 1. The summed E-state index contributed by atoms with van der Waals surface area (Å²) in [6.45, 7) is 1.47. The van der Waals surface area contributed by atoms with E-state index in [2.05, 4.69) is 11.4 Å². The number of nitriles is 1. The number of carbonyl (C=O) groups is 2. The molecule has 1 aromatic carbocycles. The molecule has 1 saturated carbocycles. The van der Waals surface area contributed by atoms with Crippen molar-refractivity contribution in [2.24, 2.45) is 0 Å². The maximum absolute atomic E-state index is 13.8. The number of amides is 1. The van der Waals surface area contributed by atoms with Gasteiger partial charge in [0, 0.05) is 10.1 Å². The third-order valence-electron chi connectivity index (χ3n) is 4.65. The summed E-state index contributed by atoms with van der Waals surface area (Å²) in [4.78, 5) is 24.9. The van der Waals surface area contributed by atoms with Crippen molar-refractivity contribution in [2.45, 2.75) is 50.7 Å². The van der Waals surface area contributed by atoms with Crippen LogP contribution in [0.4, 0.5) is 4.39 Å². The SMILES string of the molecule is C[C@@H](OC(=O)c1cc2c(F)cccc2s1)C(=O)NC1(C#N)CCCCC1. The molecule has 0 saturated heterocycles. The van der Waals surface area contributed by atoms with E-state index < -0.39 is 29.3 Å². The molecule has 2 aromatic rings. The number of nitrogens with zero attached hydrogens (tertiary/aromatic N) is 1. The fourth-order valence-corrected chi connectivity index (χ4v) is 4.11. The third kappa shape index (κ3) is 3.70. The quantitative estimate of drug-likeness (QED) is 0.823. The Kier molecular flexibility index (Phi) is 5.23. The second kappa shape index (κ2) is 7.42. The molecule has 3 rings (SSSR count). The molecule has 1 fully saturated rings. The van der Waals surface area contributed by atoms with E-state index in [1.807, 2.05) is 0 Å². The molecule has 0 spiro atoms. The van der Waals surface area contributed by atoms with E-state index in [1.54, 1.807) is 12.1 Å². The number of rotatable bonds is 4. The van der Waals surface area contributed by atoms with Gasteiger partial charge in [-0.3, -0.25) is 4.79 Å². The average Bonchev–Trinajstić information content (AvgIpc) is 3.08. The van der Waals surface area contributed by atoms with Gasteiger partial charge in [0.25, 0.3) is 5.91 Å². The van der Waals surface area contributed by atoms with Crippen LogP contribution >= 0.6 is 11.3 Å². The molecule has 5 nitrogen and oxygen atoms in total. The standard InChI is InChI=1S/C19H19FN2O3S/c1-12(17(23)22-19(11-21)8-3-2-4-9-19)25-18(24)16-10-13-14(20)6-5-7-15(13)26-16/h5-7,10,12H,2-4,8-9H2,1H3,(H,22,23)/t12-/m1/s1. The van der Waals surface area contributed by atoms with Crippen LogP contribution in [0, 0.1) is 17.1 Å². The largest absolute Gasteiger partial charge is 0.448 e. The highest BCUT2D eigenvalue weighted by Gasteiger charge is 2.35. The van der Waals surface area contributed by atoms with Crippen molar-refractivity contribution in [1.82, 2.24) is 5.32 Å². The Hall–Kier alpha value is -2.46. The van der Waals surface area contributed by atoms with Crippen molar-refractivity contribution in [3.8, 4) is 6.07 Å². The summed E-state index contributed by atoms with van der Waals surface area (Å²) >= 11 is 1.11. The Morgan fingerprint density at radius 3 is 2.73 bits per heavy atom. The minimum atomic E-state index is -1.04. The van der Waals surface area contributed by atoms with Crippen LogP contribution in [-0.2, 0) is 9.53 Å². The van der Waals surface area contributed by atoms with Crippen molar-refractivity contribution in [1.29, 1.82) is 5.26 Å². The van der Waals surface area contributed by atoms with Gasteiger partial charge in [0.05, 0.1) is 6.07 Å². The maximum Gasteiger partial charge on any atom is 0.349 e. The fraction of sp³-hybridized carbons (Fsp3) is 0.421. The summed E-state index contributed by atoms with van der Waals surface area (Å²) in [6.07, 6.45) is 2.98. The van der Waals surface area contributed by atoms with Crippen LogP contribution in [-0.4, -0.2) is 23.5 Å². The van der Waals surface area contributed by atoms with E-state index in [0.29, 0.717) is 22.9 Å². The highest BCUT2D eigenvalue weighted by atomic mass is 32.1. The van der Waals surface area contributed by atoms with Gasteiger partial charge in [-0.1, -0.05) is 25.3 Å². The summed E-state index contributed by atoms with van der Waals surface area (Å²) in [5, 5.41) is 12.5. The average molecular weight is 374 g/mol. The van der Waals surface area contributed by atoms with Gasteiger partial charge in [0.15, 0.2) is 6.10 Å². The molecule has 1 aliphatic carbocycles. The van der Waals surface area contributed by atoms with Crippen molar-refractivity contribution in [3.05, 3.63) is 35.0 Å². The number of halogens is 1. The molecule has 136 valence electrons. The monoisotopic (exact) mass is 374 g/mol. The van der Waals surface area contributed by atoms with Crippen molar-refractivity contribution in [2.75, 3.05) is 0 Å². The van der Waals surface area contributed by atoms with Crippen LogP contribution in [0.15, 0.2) is 24.3 Å². The van der Waals surface area contributed by atoms with E-state index in [0.717, 1.165) is 30.6 Å². The lowest BCUT2D eigenvalue weighted by molar-refractivity contribution is -0.130. The van der Waals surface area contributed by atoms with Gasteiger partial charge >= 0.3 is 5.97 Å². The molecule has 0 unspecified atom stereocenters. The first-order valence-corrected chi connectivity index (χ1v) is 9.38.